The average Bonchev–Trinajstić information content (AvgIpc) is 2.24. The van der Waals surface area contributed by atoms with Crippen molar-refractivity contribution in [1.29, 1.82) is 0 Å². The average molecular weight is 208 g/mol. The zero-order valence-corrected chi connectivity index (χ0v) is 10.0. The van der Waals surface area contributed by atoms with Crippen molar-refractivity contribution < 1.29 is 4.74 Å². The fourth-order valence-corrected chi connectivity index (χ4v) is 1.66. The van der Waals surface area contributed by atoms with Crippen molar-refractivity contribution in [2.45, 2.75) is 20.8 Å². The van der Waals surface area contributed by atoms with Gasteiger partial charge < -0.3 is 15.4 Å². The zero-order valence-electron chi connectivity index (χ0n) is 10.0. The topological polar surface area (TPSA) is 38.5 Å². The standard InChI is InChI=1S/C12H20N2O/c1-5-14(6-2)11-7-9(3)10(13)8-12(11)15-4/h7-8H,5-6,13H2,1-4H3. The molecule has 0 saturated heterocycles. The maximum absolute atomic E-state index is 5.85. The molecular formula is C12H20N2O. The number of benzene rings is 1. The van der Waals surface area contributed by atoms with Gasteiger partial charge in [-0.1, -0.05) is 0 Å². The quantitative estimate of drug-likeness (QED) is 0.772. The number of hydrogen-bond donors (Lipinski definition) is 1. The highest BCUT2D eigenvalue weighted by Gasteiger charge is 2.10. The van der Waals surface area contributed by atoms with Gasteiger partial charge >= 0.3 is 0 Å². The fourth-order valence-electron chi connectivity index (χ4n) is 1.66. The van der Waals surface area contributed by atoms with Crippen LogP contribution in [0.1, 0.15) is 19.4 Å². The fraction of sp³-hybridized carbons (Fsp3) is 0.500. The predicted octanol–water partition coefficient (Wildman–Crippen LogP) is 2.43. The van der Waals surface area contributed by atoms with Gasteiger partial charge in [-0.05, 0) is 32.4 Å². The summed E-state index contributed by atoms with van der Waals surface area (Å²) in [6.45, 7) is 8.22. The van der Waals surface area contributed by atoms with Crippen molar-refractivity contribution in [3.05, 3.63) is 17.7 Å². The first-order chi connectivity index (χ1) is 7.13. The van der Waals surface area contributed by atoms with Gasteiger partial charge in [-0.2, -0.15) is 0 Å². The van der Waals surface area contributed by atoms with Crippen LogP contribution in [0, 0.1) is 6.92 Å². The molecule has 1 aromatic rings. The Kier molecular flexibility index (Phi) is 3.83. The summed E-state index contributed by atoms with van der Waals surface area (Å²) in [5.74, 6) is 0.849. The molecule has 3 nitrogen and oxygen atoms in total. The number of anilines is 2. The predicted molar refractivity (Wildman–Crippen MR) is 65.7 cm³/mol. The number of methoxy groups -OCH3 is 1. The lowest BCUT2D eigenvalue weighted by Gasteiger charge is -2.24. The molecule has 0 fully saturated rings. The summed E-state index contributed by atoms with van der Waals surface area (Å²) in [6.07, 6.45) is 0. The van der Waals surface area contributed by atoms with Crippen LogP contribution < -0.4 is 15.4 Å². The molecule has 2 N–H and O–H groups in total. The van der Waals surface area contributed by atoms with Gasteiger partial charge in [0.15, 0.2) is 0 Å². The van der Waals surface area contributed by atoms with E-state index in [0.717, 1.165) is 35.8 Å². The maximum atomic E-state index is 5.85. The minimum absolute atomic E-state index is 0.780. The first-order valence-corrected chi connectivity index (χ1v) is 5.33. The number of ether oxygens (including phenoxy) is 1. The van der Waals surface area contributed by atoms with Gasteiger partial charge in [0.2, 0.25) is 0 Å². The molecule has 0 bridgehead atoms. The number of nitrogens with two attached hydrogens (primary N) is 1. The van der Waals surface area contributed by atoms with Crippen molar-refractivity contribution in [1.82, 2.24) is 0 Å². The van der Waals surface area contributed by atoms with Crippen LogP contribution in [0.5, 0.6) is 5.75 Å². The molecule has 3 heteroatoms. The molecule has 0 aromatic heterocycles. The molecular weight excluding hydrogens is 188 g/mol. The van der Waals surface area contributed by atoms with Crippen LogP contribution in [-0.2, 0) is 0 Å². The molecule has 0 aliphatic rings. The Hall–Kier alpha value is -1.38. The third-order valence-electron chi connectivity index (χ3n) is 2.67. The number of nitrogens with zero attached hydrogens (tertiary/aromatic N) is 1. The molecule has 0 heterocycles. The highest BCUT2D eigenvalue weighted by molar-refractivity contribution is 5.67. The summed E-state index contributed by atoms with van der Waals surface area (Å²) >= 11 is 0. The summed E-state index contributed by atoms with van der Waals surface area (Å²) in [5, 5.41) is 0. The highest BCUT2D eigenvalue weighted by Crippen LogP contribution is 2.32. The number of rotatable bonds is 4. The number of hydrogen-bond acceptors (Lipinski definition) is 3. The van der Waals surface area contributed by atoms with Crippen LogP contribution in [0.25, 0.3) is 0 Å². The summed E-state index contributed by atoms with van der Waals surface area (Å²) in [6, 6.07) is 3.98. The monoisotopic (exact) mass is 208 g/mol. The lowest BCUT2D eigenvalue weighted by atomic mass is 10.1. The Morgan fingerprint density at radius 2 is 1.87 bits per heavy atom. The van der Waals surface area contributed by atoms with Gasteiger partial charge in [0.1, 0.15) is 5.75 Å². The molecule has 0 amide bonds. The molecule has 0 radical (unpaired) electrons. The maximum Gasteiger partial charge on any atom is 0.144 e. The van der Waals surface area contributed by atoms with Gasteiger partial charge in [-0.25, -0.2) is 0 Å². The Bertz CT molecular complexity index is 333. The molecule has 1 aromatic carbocycles. The molecule has 0 aliphatic heterocycles. The summed E-state index contributed by atoms with van der Waals surface area (Å²) in [4.78, 5) is 2.26. The second-order valence-electron chi connectivity index (χ2n) is 3.55. The van der Waals surface area contributed by atoms with E-state index in [1.165, 1.54) is 0 Å². The van der Waals surface area contributed by atoms with Crippen LogP contribution in [0.4, 0.5) is 11.4 Å². The van der Waals surface area contributed by atoms with Crippen molar-refractivity contribution in [2.75, 3.05) is 30.8 Å². The Labute approximate surface area is 91.8 Å². The molecule has 0 spiro atoms. The third-order valence-corrected chi connectivity index (χ3v) is 2.67. The van der Waals surface area contributed by atoms with Crippen LogP contribution in [0.3, 0.4) is 0 Å². The second-order valence-corrected chi connectivity index (χ2v) is 3.55. The van der Waals surface area contributed by atoms with Crippen LogP contribution in [0.2, 0.25) is 0 Å². The van der Waals surface area contributed by atoms with Crippen molar-refractivity contribution in [3.8, 4) is 5.75 Å². The first kappa shape index (κ1) is 11.7. The summed E-state index contributed by atoms with van der Waals surface area (Å²) < 4.78 is 5.34. The Balaban J connectivity index is 3.20. The van der Waals surface area contributed by atoms with E-state index in [1.807, 2.05) is 13.0 Å². The summed E-state index contributed by atoms with van der Waals surface area (Å²) in [7, 11) is 1.68. The van der Waals surface area contributed by atoms with Gasteiger partial charge in [0.05, 0.1) is 12.8 Å². The van der Waals surface area contributed by atoms with E-state index in [9.17, 15) is 0 Å². The van der Waals surface area contributed by atoms with Gasteiger partial charge in [-0.15, -0.1) is 0 Å². The Morgan fingerprint density at radius 1 is 1.27 bits per heavy atom. The van der Waals surface area contributed by atoms with Crippen molar-refractivity contribution in [2.24, 2.45) is 0 Å². The van der Waals surface area contributed by atoms with Gasteiger partial charge in [0.25, 0.3) is 0 Å². The molecule has 0 saturated carbocycles. The lowest BCUT2D eigenvalue weighted by Crippen LogP contribution is -2.22. The van der Waals surface area contributed by atoms with Crippen LogP contribution >= 0.6 is 0 Å². The molecule has 0 atom stereocenters. The largest absolute Gasteiger partial charge is 0.495 e. The lowest BCUT2D eigenvalue weighted by molar-refractivity contribution is 0.414. The van der Waals surface area contributed by atoms with Gasteiger partial charge in [0, 0.05) is 24.8 Å². The van der Waals surface area contributed by atoms with Crippen molar-refractivity contribution >= 4 is 11.4 Å². The van der Waals surface area contributed by atoms with E-state index in [1.54, 1.807) is 7.11 Å². The number of nitrogen functional groups attached to an aromatic ring is 1. The van der Waals surface area contributed by atoms with E-state index in [4.69, 9.17) is 10.5 Å². The molecule has 15 heavy (non-hydrogen) atoms. The normalized spacial score (nSPS) is 10.1. The van der Waals surface area contributed by atoms with Crippen molar-refractivity contribution in [3.63, 3.8) is 0 Å². The third kappa shape index (κ3) is 2.35. The van der Waals surface area contributed by atoms with E-state index in [-0.39, 0.29) is 0 Å². The highest BCUT2D eigenvalue weighted by atomic mass is 16.5. The molecule has 1 rings (SSSR count). The minimum atomic E-state index is 0.780. The SMILES string of the molecule is CCN(CC)c1cc(C)c(N)cc1OC. The van der Waals surface area contributed by atoms with Gasteiger partial charge in [-0.3, -0.25) is 0 Å². The van der Waals surface area contributed by atoms with Crippen LogP contribution in [-0.4, -0.2) is 20.2 Å². The molecule has 84 valence electrons. The second kappa shape index (κ2) is 4.91. The van der Waals surface area contributed by atoms with E-state index < -0.39 is 0 Å². The van der Waals surface area contributed by atoms with E-state index in [2.05, 4.69) is 24.8 Å². The molecule has 0 unspecified atom stereocenters. The Morgan fingerprint density at radius 3 is 2.33 bits per heavy atom. The zero-order chi connectivity index (χ0) is 11.4. The van der Waals surface area contributed by atoms with E-state index >= 15 is 0 Å². The smallest absolute Gasteiger partial charge is 0.144 e. The molecule has 0 aliphatic carbocycles. The minimum Gasteiger partial charge on any atom is -0.495 e. The van der Waals surface area contributed by atoms with Crippen LogP contribution in [0.15, 0.2) is 12.1 Å². The summed E-state index contributed by atoms with van der Waals surface area (Å²) in [5.41, 5.74) is 8.84. The van der Waals surface area contributed by atoms with E-state index in [0.29, 0.717) is 0 Å². The first-order valence-electron chi connectivity index (χ1n) is 5.33. The number of aryl methyl sites for hydroxylation is 1.